The molecule has 3 aromatic rings. The number of carbonyl (C=O) groups is 3. The molecule has 1 fully saturated rings. The summed E-state index contributed by atoms with van der Waals surface area (Å²) < 4.78 is 5.77. The highest BCUT2D eigenvalue weighted by Crippen LogP contribution is 2.44. The number of nitrogens with zero attached hydrogens (tertiary/aromatic N) is 1. The van der Waals surface area contributed by atoms with Gasteiger partial charge in [0.15, 0.2) is 0 Å². The zero-order chi connectivity index (χ0) is 27.4. The largest absolute Gasteiger partial charge is 0.480 e. The van der Waals surface area contributed by atoms with Crippen molar-refractivity contribution in [2.75, 3.05) is 13.2 Å². The van der Waals surface area contributed by atoms with Crippen LogP contribution < -0.4 is 5.32 Å². The van der Waals surface area contributed by atoms with E-state index in [4.69, 9.17) is 4.74 Å². The summed E-state index contributed by atoms with van der Waals surface area (Å²) in [5.41, 5.74) is 4.50. The van der Waals surface area contributed by atoms with Crippen molar-refractivity contribution >= 4 is 18.0 Å². The molecule has 2 atom stereocenters. The van der Waals surface area contributed by atoms with Gasteiger partial charge in [0, 0.05) is 18.5 Å². The SMILES string of the molecule is CC1(C(=O)N(CC(=O)O)Cc2ccccc2)CCCCC1NC(=O)OCC1c2ccccc2-c2ccccc21. The van der Waals surface area contributed by atoms with Crippen LogP contribution in [0.3, 0.4) is 0 Å². The van der Waals surface area contributed by atoms with Crippen molar-refractivity contribution in [3.05, 3.63) is 95.6 Å². The molecule has 0 aliphatic heterocycles. The van der Waals surface area contributed by atoms with Gasteiger partial charge in [0.25, 0.3) is 0 Å². The maximum atomic E-state index is 13.9. The predicted molar refractivity (Wildman–Crippen MR) is 148 cm³/mol. The smallest absolute Gasteiger partial charge is 0.407 e. The van der Waals surface area contributed by atoms with Gasteiger partial charge in [-0.2, -0.15) is 0 Å². The van der Waals surface area contributed by atoms with E-state index in [0.29, 0.717) is 12.8 Å². The summed E-state index contributed by atoms with van der Waals surface area (Å²) >= 11 is 0. The fourth-order valence-corrected chi connectivity index (χ4v) is 6.13. The van der Waals surface area contributed by atoms with Gasteiger partial charge in [-0.05, 0) is 47.6 Å². The Morgan fingerprint density at radius 2 is 1.54 bits per heavy atom. The number of ether oxygens (including phenoxy) is 1. The molecule has 0 radical (unpaired) electrons. The Hall–Kier alpha value is -4.13. The zero-order valence-corrected chi connectivity index (χ0v) is 22.1. The van der Waals surface area contributed by atoms with E-state index in [2.05, 4.69) is 29.6 Å². The third-order valence-electron chi connectivity index (χ3n) is 8.16. The number of alkyl carbamates (subject to hydrolysis) is 1. The van der Waals surface area contributed by atoms with Crippen molar-refractivity contribution in [1.82, 2.24) is 10.2 Å². The van der Waals surface area contributed by atoms with Gasteiger partial charge in [-0.15, -0.1) is 0 Å². The summed E-state index contributed by atoms with van der Waals surface area (Å²) in [5, 5.41) is 12.5. The van der Waals surface area contributed by atoms with Crippen LogP contribution in [0.2, 0.25) is 0 Å². The van der Waals surface area contributed by atoms with E-state index in [-0.39, 0.29) is 25.0 Å². The monoisotopic (exact) mass is 526 g/mol. The van der Waals surface area contributed by atoms with E-state index in [1.165, 1.54) is 4.90 Å². The van der Waals surface area contributed by atoms with Gasteiger partial charge >= 0.3 is 12.1 Å². The van der Waals surface area contributed by atoms with Gasteiger partial charge in [0.2, 0.25) is 5.91 Å². The van der Waals surface area contributed by atoms with E-state index >= 15 is 0 Å². The molecule has 2 amide bonds. The highest BCUT2D eigenvalue weighted by molar-refractivity contribution is 5.87. The molecule has 2 unspecified atom stereocenters. The molecular weight excluding hydrogens is 492 g/mol. The minimum absolute atomic E-state index is 0.0561. The van der Waals surface area contributed by atoms with Crippen LogP contribution in [0.25, 0.3) is 11.1 Å². The molecule has 2 N–H and O–H groups in total. The first-order valence-electron chi connectivity index (χ1n) is 13.5. The highest BCUT2D eigenvalue weighted by Gasteiger charge is 2.46. The minimum Gasteiger partial charge on any atom is -0.480 e. The number of amides is 2. The zero-order valence-electron chi connectivity index (χ0n) is 22.1. The lowest BCUT2D eigenvalue weighted by molar-refractivity contribution is -0.152. The Morgan fingerprint density at radius 1 is 0.923 bits per heavy atom. The first kappa shape index (κ1) is 26.5. The summed E-state index contributed by atoms with van der Waals surface area (Å²) in [5.74, 6) is -1.39. The fourth-order valence-electron chi connectivity index (χ4n) is 6.13. The second kappa shape index (κ2) is 11.3. The number of benzene rings is 3. The Balaban J connectivity index is 1.29. The molecule has 39 heavy (non-hydrogen) atoms. The Morgan fingerprint density at radius 3 is 2.18 bits per heavy atom. The molecule has 0 heterocycles. The maximum Gasteiger partial charge on any atom is 0.407 e. The van der Waals surface area contributed by atoms with E-state index in [1.54, 1.807) is 0 Å². The fraction of sp³-hybridized carbons (Fsp3) is 0.344. The number of carboxylic acid groups (broad SMARTS) is 1. The van der Waals surface area contributed by atoms with E-state index in [1.807, 2.05) is 61.5 Å². The molecular formula is C32H34N2O5. The minimum atomic E-state index is -1.07. The standard InChI is InChI=1S/C32H34N2O5/c1-32(30(37)34(20-29(35)36)19-22-11-3-2-4-12-22)18-10-9-17-28(32)33-31(38)39-21-27-25-15-7-5-13-23(25)24-14-6-8-16-26(24)27/h2-8,11-16,27-28H,9-10,17-21H2,1H3,(H,33,38)(H,35,36). The Kier molecular flexibility index (Phi) is 7.68. The normalized spacial score (nSPS) is 20.0. The van der Waals surface area contributed by atoms with Crippen molar-refractivity contribution in [1.29, 1.82) is 0 Å². The van der Waals surface area contributed by atoms with Crippen LogP contribution in [0, 0.1) is 5.41 Å². The first-order valence-corrected chi connectivity index (χ1v) is 13.5. The predicted octanol–water partition coefficient (Wildman–Crippen LogP) is 5.59. The quantitative estimate of drug-likeness (QED) is 0.399. The lowest BCUT2D eigenvalue weighted by atomic mass is 9.70. The Bertz CT molecular complexity index is 1310. The van der Waals surface area contributed by atoms with E-state index in [9.17, 15) is 19.5 Å². The molecule has 0 saturated heterocycles. The average Bonchev–Trinajstić information content (AvgIpc) is 3.26. The van der Waals surface area contributed by atoms with Crippen LogP contribution in [0.1, 0.15) is 55.2 Å². The summed E-state index contributed by atoms with van der Waals surface area (Å²) in [6.07, 6.45) is 2.33. The lowest BCUT2D eigenvalue weighted by Gasteiger charge is -2.42. The van der Waals surface area contributed by atoms with Crippen LogP contribution in [-0.2, 0) is 20.9 Å². The number of hydrogen-bond donors (Lipinski definition) is 2. The maximum absolute atomic E-state index is 13.9. The Labute approximate surface area is 228 Å². The van der Waals surface area contributed by atoms with Crippen LogP contribution >= 0.6 is 0 Å². The van der Waals surface area contributed by atoms with Crippen molar-refractivity contribution in [3.8, 4) is 11.1 Å². The summed E-state index contributed by atoms with van der Waals surface area (Å²) in [6.45, 7) is 1.82. The topological polar surface area (TPSA) is 95.9 Å². The summed E-state index contributed by atoms with van der Waals surface area (Å²) in [7, 11) is 0. The van der Waals surface area contributed by atoms with Gasteiger partial charge in [-0.25, -0.2) is 4.79 Å². The van der Waals surface area contributed by atoms with Gasteiger partial charge in [0.1, 0.15) is 13.2 Å². The van der Waals surface area contributed by atoms with Crippen molar-refractivity contribution in [2.45, 2.75) is 51.1 Å². The third-order valence-corrected chi connectivity index (χ3v) is 8.16. The number of carboxylic acids is 1. The number of hydrogen-bond acceptors (Lipinski definition) is 4. The molecule has 3 aromatic carbocycles. The third kappa shape index (κ3) is 5.53. The second-order valence-electron chi connectivity index (χ2n) is 10.7. The molecule has 1 saturated carbocycles. The first-order chi connectivity index (χ1) is 18.9. The molecule has 7 nitrogen and oxygen atoms in total. The number of rotatable bonds is 8. The second-order valence-corrected chi connectivity index (χ2v) is 10.7. The van der Waals surface area contributed by atoms with Crippen molar-refractivity contribution < 1.29 is 24.2 Å². The molecule has 202 valence electrons. The number of carbonyl (C=O) groups excluding carboxylic acids is 2. The number of nitrogens with one attached hydrogen (secondary N) is 1. The average molecular weight is 527 g/mol. The van der Waals surface area contributed by atoms with Crippen LogP contribution in [0.5, 0.6) is 0 Å². The molecule has 0 aromatic heterocycles. The molecule has 7 heteroatoms. The van der Waals surface area contributed by atoms with Crippen molar-refractivity contribution in [2.24, 2.45) is 5.41 Å². The lowest BCUT2D eigenvalue weighted by Crippen LogP contribution is -2.57. The molecule has 2 aliphatic carbocycles. The van der Waals surface area contributed by atoms with Gasteiger partial charge < -0.3 is 20.1 Å². The molecule has 0 spiro atoms. The summed E-state index contributed by atoms with van der Waals surface area (Å²) in [6, 6.07) is 25.2. The molecule has 0 bridgehead atoms. The van der Waals surface area contributed by atoms with Crippen LogP contribution in [0.4, 0.5) is 4.79 Å². The number of fused-ring (bicyclic) bond motifs is 3. The van der Waals surface area contributed by atoms with Crippen molar-refractivity contribution in [3.63, 3.8) is 0 Å². The van der Waals surface area contributed by atoms with Crippen LogP contribution in [0.15, 0.2) is 78.9 Å². The molecule has 5 rings (SSSR count). The number of aliphatic carboxylic acids is 1. The van der Waals surface area contributed by atoms with E-state index < -0.39 is 30.1 Å². The molecule has 2 aliphatic rings. The van der Waals surface area contributed by atoms with Gasteiger partial charge in [-0.3, -0.25) is 9.59 Å². The van der Waals surface area contributed by atoms with E-state index in [0.717, 1.165) is 40.7 Å². The summed E-state index contributed by atoms with van der Waals surface area (Å²) in [4.78, 5) is 40.0. The van der Waals surface area contributed by atoms with Gasteiger partial charge in [0.05, 0.1) is 5.41 Å². The highest BCUT2D eigenvalue weighted by atomic mass is 16.5. The van der Waals surface area contributed by atoms with Crippen LogP contribution in [-0.4, -0.2) is 47.2 Å². The van der Waals surface area contributed by atoms with Gasteiger partial charge in [-0.1, -0.05) is 91.7 Å².